The Bertz CT molecular complexity index is 2150. The minimum atomic E-state index is -0.960. The fraction of sp³-hybridized carbons (Fsp3) is 0.351. The first-order valence-electron chi connectivity index (χ1n) is 16.7. The van der Waals surface area contributed by atoms with E-state index < -0.39 is 23.5 Å². The first-order chi connectivity index (χ1) is 24.6. The molecule has 0 saturated carbocycles. The van der Waals surface area contributed by atoms with Gasteiger partial charge in [-0.3, -0.25) is 19.4 Å². The number of amides is 1. The van der Waals surface area contributed by atoms with Gasteiger partial charge < -0.3 is 19.5 Å². The van der Waals surface area contributed by atoms with Crippen LogP contribution in [0.15, 0.2) is 48.5 Å². The SMILES string of the molecule is C=CC(=O)N1[C@H](C)Cn2nc(-c3nc(-c4cnc5c(c4)CN(CCO)CC5)c4scc(F)c4c3-c3c(F)cc(F)cc3OCCOC)cc2[C@@H]1C. The van der Waals surface area contributed by atoms with Crippen LogP contribution in [-0.4, -0.2) is 86.6 Å². The molecule has 6 heterocycles. The molecule has 0 spiro atoms. The van der Waals surface area contributed by atoms with Crippen molar-refractivity contribution in [1.29, 1.82) is 0 Å². The Kier molecular flexibility index (Phi) is 9.68. The summed E-state index contributed by atoms with van der Waals surface area (Å²) < 4.78 is 60.4. The Morgan fingerprint density at radius 2 is 1.94 bits per heavy atom. The summed E-state index contributed by atoms with van der Waals surface area (Å²) in [5, 5.41) is 15.9. The van der Waals surface area contributed by atoms with Crippen molar-refractivity contribution in [1.82, 2.24) is 29.5 Å². The fourth-order valence-electron chi connectivity index (χ4n) is 7.20. The zero-order chi connectivity index (χ0) is 36.0. The van der Waals surface area contributed by atoms with Crippen LogP contribution in [0, 0.1) is 17.5 Å². The van der Waals surface area contributed by atoms with Gasteiger partial charge in [0.25, 0.3) is 0 Å². The van der Waals surface area contributed by atoms with Crippen molar-refractivity contribution in [2.45, 2.75) is 45.4 Å². The van der Waals surface area contributed by atoms with Gasteiger partial charge in [-0.2, -0.15) is 5.10 Å². The number of thiophene rings is 1. The van der Waals surface area contributed by atoms with Crippen molar-refractivity contribution < 1.29 is 32.5 Å². The second-order valence-electron chi connectivity index (χ2n) is 12.8. The minimum Gasteiger partial charge on any atom is -0.490 e. The maximum Gasteiger partial charge on any atom is 0.246 e. The lowest BCUT2D eigenvalue weighted by atomic mass is 9.94. The molecule has 51 heavy (non-hydrogen) atoms. The molecule has 0 radical (unpaired) electrons. The van der Waals surface area contributed by atoms with Crippen molar-refractivity contribution >= 4 is 27.3 Å². The van der Waals surface area contributed by atoms with Gasteiger partial charge in [0.05, 0.1) is 47.5 Å². The van der Waals surface area contributed by atoms with Gasteiger partial charge in [-0.15, -0.1) is 11.3 Å². The summed E-state index contributed by atoms with van der Waals surface area (Å²) in [5.41, 5.74) is 4.02. The number of hydrogen-bond acceptors (Lipinski definition) is 9. The van der Waals surface area contributed by atoms with Gasteiger partial charge in [-0.25, -0.2) is 18.2 Å². The van der Waals surface area contributed by atoms with Crippen LogP contribution in [-0.2, 0) is 29.0 Å². The average molecular weight is 719 g/mol. The first-order valence-corrected chi connectivity index (χ1v) is 17.6. The predicted octanol–water partition coefficient (Wildman–Crippen LogP) is 6.16. The molecule has 14 heteroatoms. The number of hydrogen-bond donors (Lipinski definition) is 1. The molecule has 10 nitrogen and oxygen atoms in total. The van der Waals surface area contributed by atoms with Crippen LogP contribution in [0.25, 0.3) is 43.9 Å². The molecule has 0 unspecified atom stereocenters. The third-order valence-corrected chi connectivity index (χ3v) is 10.5. The van der Waals surface area contributed by atoms with E-state index in [0.717, 1.165) is 41.3 Å². The van der Waals surface area contributed by atoms with E-state index in [1.807, 2.05) is 19.9 Å². The Labute approximate surface area is 296 Å². The Balaban J connectivity index is 1.49. The smallest absolute Gasteiger partial charge is 0.246 e. The van der Waals surface area contributed by atoms with E-state index >= 15 is 8.78 Å². The molecule has 0 bridgehead atoms. The van der Waals surface area contributed by atoms with Crippen LogP contribution in [0.5, 0.6) is 5.75 Å². The molecule has 266 valence electrons. The van der Waals surface area contributed by atoms with E-state index in [4.69, 9.17) is 24.5 Å². The van der Waals surface area contributed by atoms with Gasteiger partial charge in [0.2, 0.25) is 5.91 Å². The maximum absolute atomic E-state index is 16.3. The van der Waals surface area contributed by atoms with Gasteiger partial charge in [-0.1, -0.05) is 6.58 Å². The number of fused-ring (bicyclic) bond motifs is 3. The van der Waals surface area contributed by atoms with Crippen LogP contribution in [0.3, 0.4) is 0 Å². The highest BCUT2D eigenvalue weighted by Gasteiger charge is 2.35. The second-order valence-corrected chi connectivity index (χ2v) is 13.6. The number of aliphatic hydroxyl groups is 1. The van der Waals surface area contributed by atoms with Gasteiger partial charge in [-0.05, 0) is 37.6 Å². The molecule has 1 amide bonds. The number of β-amino-alcohol motifs (C(OH)–C–C–N with tert-alkyl or cyclic N) is 1. The summed E-state index contributed by atoms with van der Waals surface area (Å²) in [6.07, 6.45) is 3.70. The van der Waals surface area contributed by atoms with Crippen molar-refractivity contribution in [3.05, 3.63) is 82.9 Å². The summed E-state index contributed by atoms with van der Waals surface area (Å²) in [6, 6.07) is 4.94. The van der Waals surface area contributed by atoms with Crippen molar-refractivity contribution in [2.75, 3.05) is 40.0 Å². The van der Waals surface area contributed by atoms with Crippen molar-refractivity contribution in [3.8, 4) is 39.5 Å². The maximum atomic E-state index is 16.3. The molecule has 0 fully saturated rings. The molecule has 7 rings (SSSR count). The van der Waals surface area contributed by atoms with E-state index in [2.05, 4.69) is 11.5 Å². The summed E-state index contributed by atoms with van der Waals surface area (Å²) in [4.78, 5) is 26.6. The topological polar surface area (TPSA) is 106 Å². The second kappa shape index (κ2) is 14.2. The summed E-state index contributed by atoms with van der Waals surface area (Å²) >= 11 is 1.12. The van der Waals surface area contributed by atoms with Gasteiger partial charge in [0.15, 0.2) is 0 Å². The highest BCUT2D eigenvalue weighted by Crippen LogP contribution is 2.48. The zero-order valence-electron chi connectivity index (χ0n) is 28.5. The van der Waals surface area contributed by atoms with Crippen molar-refractivity contribution in [2.24, 2.45) is 0 Å². The molecule has 1 aromatic carbocycles. The molecule has 2 aliphatic rings. The van der Waals surface area contributed by atoms with Crippen LogP contribution in [0.4, 0.5) is 13.2 Å². The van der Waals surface area contributed by atoms with Crippen LogP contribution >= 0.6 is 11.3 Å². The lowest BCUT2D eigenvalue weighted by Crippen LogP contribution is -2.46. The Hall–Kier alpha value is -4.63. The molecular weight excluding hydrogens is 682 g/mol. The lowest BCUT2D eigenvalue weighted by Gasteiger charge is -2.38. The minimum absolute atomic E-state index is 0.0159. The van der Waals surface area contributed by atoms with E-state index in [1.165, 1.54) is 18.6 Å². The normalized spacial score (nSPS) is 17.4. The van der Waals surface area contributed by atoms with Gasteiger partial charge in [0.1, 0.15) is 41.2 Å². The third-order valence-electron chi connectivity index (χ3n) is 9.53. The molecular formula is C37H37F3N6O4S. The largest absolute Gasteiger partial charge is 0.490 e. The summed E-state index contributed by atoms with van der Waals surface area (Å²) in [7, 11) is 1.48. The lowest BCUT2D eigenvalue weighted by molar-refractivity contribution is -0.131. The standard InChI is InChI=1S/C37H37F3N6O4S/c1-5-31(48)46-20(2)17-45-29(21(46)3)15-28(43-45)36-34(32-25(39)13-24(38)14-30(32)50-11-10-49-4)33-26(40)19-51-37(33)35(42-36)22-12-23-18-44(8-9-47)7-6-27(23)41-16-22/h5,12-16,19-21,47H,1,6-11,17-18H2,2-4H3/t20-,21+/m1/s1. The molecule has 2 atom stereocenters. The van der Waals surface area contributed by atoms with Crippen molar-refractivity contribution in [3.63, 3.8) is 0 Å². The fourth-order valence-corrected chi connectivity index (χ4v) is 8.13. The number of aliphatic hydroxyl groups excluding tert-OH is 1. The molecule has 1 N–H and O–H groups in total. The number of rotatable bonds is 10. The number of benzene rings is 1. The third kappa shape index (κ3) is 6.30. The molecule has 2 aliphatic heterocycles. The first kappa shape index (κ1) is 34.8. The van der Waals surface area contributed by atoms with Crippen LogP contribution in [0.1, 0.15) is 36.8 Å². The van der Waals surface area contributed by atoms with E-state index in [9.17, 15) is 14.3 Å². The number of carbonyl (C=O) groups excluding carboxylic acids is 1. The highest BCUT2D eigenvalue weighted by molar-refractivity contribution is 7.17. The predicted molar refractivity (Wildman–Crippen MR) is 188 cm³/mol. The molecule has 5 aromatic rings. The van der Waals surface area contributed by atoms with E-state index in [-0.39, 0.29) is 59.7 Å². The molecule has 0 saturated heterocycles. The number of halogens is 3. The highest BCUT2D eigenvalue weighted by atomic mass is 32.1. The van der Waals surface area contributed by atoms with Crippen LogP contribution in [0.2, 0.25) is 0 Å². The summed E-state index contributed by atoms with van der Waals surface area (Å²) in [6.45, 7) is 9.87. The quantitative estimate of drug-likeness (QED) is 0.135. The Morgan fingerprint density at radius 3 is 2.71 bits per heavy atom. The average Bonchev–Trinajstić information content (AvgIpc) is 3.71. The van der Waals surface area contributed by atoms with Gasteiger partial charge in [0, 0.05) is 85.1 Å². The monoisotopic (exact) mass is 718 g/mol. The molecule has 0 aliphatic carbocycles. The molecule has 4 aromatic heterocycles. The number of carbonyl (C=O) groups is 1. The van der Waals surface area contributed by atoms with Gasteiger partial charge >= 0.3 is 0 Å². The number of methoxy groups -OCH3 is 1. The van der Waals surface area contributed by atoms with Crippen LogP contribution < -0.4 is 4.74 Å². The Morgan fingerprint density at radius 1 is 1.12 bits per heavy atom. The number of ether oxygens (including phenoxy) is 2. The number of aromatic nitrogens is 4. The van der Waals surface area contributed by atoms with E-state index in [0.29, 0.717) is 53.4 Å². The number of nitrogens with zero attached hydrogens (tertiary/aromatic N) is 6. The zero-order valence-corrected chi connectivity index (χ0v) is 29.3. The van der Waals surface area contributed by atoms with E-state index in [1.54, 1.807) is 21.8 Å². The summed E-state index contributed by atoms with van der Waals surface area (Å²) in [5.74, 6) is -2.80. The number of pyridine rings is 2.